The lowest BCUT2D eigenvalue weighted by atomic mass is 10.1. The number of aromatic nitrogens is 2. The number of carbonyl (C=O) groups excluding carboxylic acids is 1. The Hall–Kier alpha value is -2.94. The largest absolute Gasteiger partial charge is 0.497 e. The maximum atomic E-state index is 12.5. The maximum Gasteiger partial charge on any atom is 0.232 e. The molecule has 9 heteroatoms. The summed E-state index contributed by atoms with van der Waals surface area (Å²) in [5.74, 6) is 1.19. The molecule has 4 rings (SSSR count). The van der Waals surface area contributed by atoms with Crippen molar-refractivity contribution >= 4 is 45.3 Å². The molecule has 2 aromatic heterocycles. The number of nitrogens with zero attached hydrogens (tertiary/aromatic N) is 2. The predicted octanol–water partition coefficient (Wildman–Crippen LogP) is 5.79. The van der Waals surface area contributed by atoms with Gasteiger partial charge in [0.1, 0.15) is 16.5 Å². The van der Waals surface area contributed by atoms with E-state index in [1.807, 2.05) is 53.2 Å². The summed E-state index contributed by atoms with van der Waals surface area (Å²) in [5.41, 5.74) is 3.04. The van der Waals surface area contributed by atoms with Crippen molar-refractivity contribution in [1.82, 2.24) is 9.97 Å². The summed E-state index contributed by atoms with van der Waals surface area (Å²) in [6.45, 7) is 0. The Morgan fingerprint density at radius 3 is 2.65 bits per heavy atom. The third-order valence-electron chi connectivity index (χ3n) is 4.43. The maximum absolute atomic E-state index is 12.5. The van der Waals surface area contributed by atoms with Crippen molar-refractivity contribution < 1.29 is 14.3 Å². The molecule has 0 fully saturated rings. The molecule has 1 amide bonds. The average molecular weight is 472 g/mol. The van der Waals surface area contributed by atoms with E-state index >= 15 is 0 Å². The summed E-state index contributed by atoms with van der Waals surface area (Å²) in [4.78, 5) is 21.6. The number of ether oxygens (including phenoxy) is 2. The van der Waals surface area contributed by atoms with E-state index < -0.39 is 0 Å². The van der Waals surface area contributed by atoms with Crippen LogP contribution in [0.5, 0.6) is 11.5 Å². The number of thiazole rings is 2. The Balaban J connectivity index is 1.45. The summed E-state index contributed by atoms with van der Waals surface area (Å²) >= 11 is 9.04. The van der Waals surface area contributed by atoms with Crippen molar-refractivity contribution in [3.8, 4) is 33.3 Å². The van der Waals surface area contributed by atoms with Crippen LogP contribution in [-0.2, 0) is 11.2 Å². The molecule has 0 unspecified atom stereocenters. The first-order valence-electron chi connectivity index (χ1n) is 9.24. The van der Waals surface area contributed by atoms with E-state index in [0.29, 0.717) is 33.0 Å². The van der Waals surface area contributed by atoms with Gasteiger partial charge in [-0.3, -0.25) is 4.79 Å². The number of rotatable bonds is 7. The highest BCUT2D eigenvalue weighted by Gasteiger charge is 2.15. The van der Waals surface area contributed by atoms with E-state index in [0.717, 1.165) is 16.1 Å². The lowest BCUT2D eigenvalue weighted by Gasteiger charge is -2.08. The third-order valence-corrected chi connectivity index (χ3v) is 6.44. The molecule has 0 atom stereocenters. The fourth-order valence-corrected chi connectivity index (χ4v) is 4.81. The van der Waals surface area contributed by atoms with Gasteiger partial charge < -0.3 is 14.8 Å². The van der Waals surface area contributed by atoms with Crippen LogP contribution in [0.4, 0.5) is 5.13 Å². The van der Waals surface area contributed by atoms with Gasteiger partial charge in [-0.05, 0) is 24.3 Å². The number of hydrogen-bond acceptors (Lipinski definition) is 7. The number of halogens is 1. The van der Waals surface area contributed by atoms with Crippen LogP contribution in [0.3, 0.4) is 0 Å². The van der Waals surface area contributed by atoms with Gasteiger partial charge in [0, 0.05) is 21.9 Å². The van der Waals surface area contributed by atoms with Gasteiger partial charge in [-0.1, -0.05) is 29.8 Å². The first-order chi connectivity index (χ1) is 15.1. The molecule has 0 saturated heterocycles. The Morgan fingerprint density at radius 1 is 1.03 bits per heavy atom. The van der Waals surface area contributed by atoms with Gasteiger partial charge in [0.2, 0.25) is 5.91 Å². The highest BCUT2D eigenvalue weighted by molar-refractivity contribution is 7.14. The normalized spacial score (nSPS) is 10.7. The van der Waals surface area contributed by atoms with Crippen LogP contribution in [0.2, 0.25) is 5.02 Å². The molecular weight excluding hydrogens is 454 g/mol. The quantitative estimate of drug-likeness (QED) is 0.369. The standard InChI is InChI=1S/C22H18ClN3O3S2/c1-28-14-7-8-19(29-2)16(10-14)18-12-31-22(25-18)26-20(27)9-13-11-30-21(24-13)15-5-3-4-6-17(15)23/h3-8,10-12H,9H2,1-2H3,(H,25,26,27). The second kappa shape index (κ2) is 9.47. The molecule has 0 bridgehead atoms. The number of anilines is 1. The topological polar surface area (TPSA) is 73.3 Å². The average Bonchev–Trinajstić information content (AvgIpc) is 3.43. The minimum Gasteiger partial charge on any atom is -0.497 e. The highest BCUT2D eigenvalue weighted by atomic mass is 35.5. The molecule has 0 radical (unpaired) electrons. The Morgan fingerprint density at radius 2 is 1.87 bits per heavy atom. The van der Waals surface area contributed by atoms with E-state index in [2.05, 4.69) is 15.3 Å². The van der Waals surface area contributed by atoms with Crippen LogP contribution in [0.25, 0.3) is 21.8 Å². The van der Waals surface area contributed by atoms with E-state index in [1.54, 1.807) is 14.2 Å². The lowest BCUT2D eigenvalue weighted by Crippen LogP contribution is -2.14. The first kappa shape index (κ1) is 21.3. The molecule has 0 spiro atoms. The predicted molar refractivity (Wildman–Crippen MR) is 126 cm³/mol. The molecule has 0 aliphatic heterocycles. The van der Waals surface area contributed by atoms with Crippen molar-refractivity contribution in [3.63, 3.8) is 0 Å². The van der Waals surface area contributed by atoms with Crippen LogP contribution in [0.1, 0.15) is 5.69 Å². The Kier molecular flexibility index (Phi) is 6.50. The first-order valence-corrected chi connectivity index (χ1v) is 11.4. The molecule has 4 aromatic rings. The van der Waals surface area contributed by atoms with Gasteiger partial charge >= 0.3 is 0 Å². The molecule has 6 nitrogen and oxygen atoms in total. The van der Waals surface area contributed by atoms with Crippen LogP contribution in [0.15, 0.2) is 53.2 Å². The number of nitrogens with one attached hydrogen (secondary N) is 1. The van der Waals surface area contributed by atoms with Crippen LogP contribution < -0.4 is 14.8 Å². The van der Waals surface area contributed by atoms with E-state index in [4.69, 9.17) is 21.1 Å². The van der Waals surface area contributed by atoms with Gasteiger partial charge in [0.05, 0.1) is 37.1 Å². The van der Waals surface area contributed by atoms with E-state index in [-0.39, 0.29) is 12.3 Å². The zero-order valence-electron chi connectivity index (χ0n) is 16.7. The highest BCUT2D eigenvalue weighted by Crippen LogP contribution is 2.35. The Bertz CT molecular complexity index is 1220. The fraction of sp³-hybridized carbons (Fsp3) is 0.136. The zero-order valence-corrected chi connectivity index (χ0v) is 19.1. The molecule has 2 heterocycles. The molecule has 158 valence electrons. The fourth-order valence-electron chi connectivity index (χ4n) is 2.94. The SMILES string of the molecule is COc1ccc(OC)c(-c2csc(NC(=O)Cc3csc(-c4ccccc4Cl)n3)n2)c1. The van der Waals surface area contributed by atoms with Gasteiger partial charge in [-0.25, -0.2) is 9.97 Å². The summed E-state index contributed by atoms with van der Waals surface area (Å²) in [7, 11) is 3.21. The lowest BCUT2D eigenvalue weighted by molar-refractivity contribution is -0.115. The Labute approximate surface area is 192 Å². The number of carbonyl (C=O) groups is 1. The summed E-state index contributed by atoms with van der Waals surface area (Å²) in [6, 6.07) is 13.0. The molecule has 1 N–H and O–H groups in total. The minimum atomic E-state index is -0.186. The van der Waals surface area contributed by atoms with Gasteiger partial charge in [0.25, 0.3) is 0 Å². The molecule has 0 saturated carbocycles. The van der Waals surface area contributed by atoms with Crippen LogP contribution >= 0.6 is 34.3 Å². The summed E-state index contributed by atoms with van der Waals surface area (Å²) < 4.78 is 10.7. The van der Waals surface area contributed by atoms with E-state index in [9.17, 15) is 4.79 Å². The molecular formula is C22H18ClN3O3S2. The molecule has 0 aliphatic rings. The van der Waals surface area contributed by atoms with Crippen molar-refractivity contribution in [2.45, 2.75) is 6.42 Å². The molecule has 2 aromatic carbocycles. The van der Waals surface area contributed by atoms with E-state index in [1.165, 1.54) is 22.7 Å². The number of amides is 1. The van der Waals surface area contributed by atoms with Crippen LogP contribution in [0, 0.1) is 0 Å². The second-order valence-electron chi connectivity index (χ2n) is 6.45. The zero-order chi connectivity index (χ0) is 21.8. The summed E-state index contributed by atoms with van der Waals surface area (Å²) in [6.07, 6.45) is 0.151. The van der Waals surface area contributed by atoms with Gasteiger partial charge in [-0.2, -0.15) is 0 Å². The van der Waals surface area contributed by atoms with Crippen LogP contribution in [-0.4, -0.2) is 30.1 Å². The summed E-state index contributed by atoms with van der Waals surface area (Å²) in [5, 5.41) is 8.50. The molecule has 31 heavy (non-hydrogen) atoms. The van der Waals surface area contributed by atoms with Gasteiger partial charge in [0.15, 0.2) is 5.13 Å². The van der Waals surface area contributed by atoms with Gasteiger partial charge in [-0.15, -0.1) is 22.7 Å². The monoisotopic (exact) mass is 471 g/mol. The third kappa shape index (κ3) is 4.87. The second-order valence-corrected chi connectivity index (χ2v) is 8.58. The number of methoxy groups -OCH3 is 2. The number of benzene rings is 2. The smallest absolute Gasteiger partial charge is 0.232 e. The minimum absolute atomic E-state index is 0.151. The molecule has 0 aliphatic carbocycles. The number of hydrogen-bond donors (Lipinski definition) is 1. The van der Waals surface area contributed by atoms with Crippen molar-refractivity contribution in [1.29, 1.82) is 0 Å². The van der Waals surface area contributed by atoms with Crippen molar-refractivity contribution in [2.24, 2.45) is 0 Å². The van der Waals surface area contributed by atoms with Crippen molar-refractivity contribution in [2.75, 3.05) is 19.5 Å². The van der Waals surface area contributed by atoms with Crippen molar-refractivity contribution in [3.05, 3.63) is 63.9 Å².